The zero-order chi connectivity index (χ0) is 11.8. The molecule has 82 valence electrons. The summed E-state index contributed by atoms with van der Waals surface area (Å²) in [7, 11) is 0. The lowest BCUT2D eigenvalue weighted by Crippen LogP contribution is -1.81. The van der Waals surface area contributed by atoms with Gasteiger partial charge in [0.1, 0.15) is 0 Å². The van der Waals surface area contributed by atoms with Crippen molar-refractivity contribution in [3.63, 3.8) is 0 Å². The van der Waals surface area contributed by atoms with Gasteiger partial charge in [-0.15, -0.1) is 11.8 Å². The van der Waals surface area contributed by atoms with Gasteiger partial charge in [-0.3, -0.25) is 0 Å². The van der Waals surface area contributed by atoms with Gasteiger partial charge in [-0.2, -0.15) is 0 Å². The summed E-state index contributed by atoms with van der Waals surface area (Å²) < 4.78 is 0. The Kier molecular flexibility index (Phi) is 6.89. The zero-order valence-corrected chi connectivity index (χ0v) is 10.9. The van der Waals surface area contributed by atoms with Gasteiger partial charge in [0.25, 0.3) is 0 Å². The van der Waals surface area contributed by atoms with Crippen LogP contribution in [0.2, 0.25) is 0 Å². The lowest BCUT2D eigenvalue weighted by Gasteiger charge is -2.03. The molecule has 0 aromatic carbocycles. The highest BCUT2D eigenvalue weighted by Crippen LogP contribution is 2.21. The fraction of sp³-hybridized carbons (Fsp3) is 0.286. The molecule has 1 heteroatoms. The van der Waals surface area contributed by atoms with Gasteiger partial charge in [0, 0.05) is 0 Å². The Morgan fingerprint density at radius 1 is 1.20 bits per heavy atom. The highest BCUT2D eigenvalue weighted by atomic mass is 32.2. The molecule has 0 saturated carbocycles. The van der Waals surface area contributed by atoms with Crippen molar-refractivity contribution in [1.29, 1.82) is 0 Å². The van der Waals surface area contributed by atoms with Gasteiger partial charge in [-0.1, -0.05) is 37.0 Å². The minimum atomic E-state index is 1.11. The van der Waals surface area contributed by atoms with Crippen LogP contribution in [0.15, 0.2) is 58.4 Å². The van der Waals surface area contributed by atoms with E-state index in [1.165, 1.54) is 16.7 Å². The Morgan fingerprint density at radius 3 is 2.20 bits per heavy atom. The van der Waals surface area contributed by atoms with Crippen LogP contribution in [0.3, 0.4) is 0 Å². The Morgan fingerprint density at radius 2 is 1.80 bits per heavy atom. The molecule has 0 aliphatic heterocycles. The third-order valence-electron chi connectivity index (χ3n) is 1.91. The predicted molar refractivity (Wildman–Crippen MR) is 73.9 cm³/mol. The van der Waals surface area contributed by atoms with Crippen molar-refractivity contribution >= 4 is 11.8 Å². The zero-order valence-electron chi connectivity index (χ0n) is 10.1. The minimum absolute atomic E-state index is 1.11. The lowest BCUT2D eigenvalue weighted by molar-refractivity contribution is 1.38. The topological polar surface area (TPSA) is 0 Å². The van der Waals surface area contributed by atoms with Crippen molar-refractivity contribution < 1.29 is 0 Å². The molecular weight excluding hydrogens is 200 g/mol. The van der Waals surface area contributed by atoms with Gasteiger partial charge in [-0.25, -0.2) is 0 Å². The molecule has 0 spiro atoms. The summed E-state index contributed by atoms with van der Waals surface area (Å²) in [4.78, 5) is 1.11. The van der Waals surface area contributed by atoms with Crippen molar-refractivity contribution in [3.8, 4) is 0 Å². The van der Waals surface area contributed by atoms with Crippen LogP contribution < -0.4 is 0 Å². The third kappa shape index (κ3) is 6.19. The molecule has 0 aromatic heterocycles. The second-order valence-electron chi connectivity index (χ2n) is 3.46. The molecule has 0 unspecified atom stereocenters. The van der Waals surface area contributed by atoms with E-state index in [0.29, 0.717) is 0 Å². The fourth-order valence-corrected chi connectivity index (χ4v) is 1.50. The van der Waals surface area contributed by atoms with Crippen molar-refractivity contribution in [2.24, 2.45) is 0 Å². The van der Waals surface area contributed by atoms with Gasteiger partial charge in [0.15, 0.2) is 0 Å². The second-order valence-corrected chi connectivity index (χ2v) is 4.63. The van der Waals surface area contributed by atoms with Crippen molar-refractivity contribution in [3.05, 3.63) is 58.4 Å². The van der Waals surface area contributed by atoms with Crippen LogP contribution in [0, 0.1) is 0 Å². The predicted octanol–water partition coefficient (Wildman–Crippen LogP) is 5.24. The summed E-state index contributed by atoms with van der Waals surface area (Å²) in [6, 6.07) is 0. The van der Waals surface area contributed by atoms with Gasteiger partial charge >= 0.3 is 0 Å². The summed E-state index contributed by atoms with van der Waals surface area (Å²) in [5, 5.41) is 2.13. The van der Waals surface area contributed by atoms with Gasteiger partial charge in [0.05, 0.1) is 0 Å². The molecule has 0 rings (SSSR count). The first kappa shape index (κ1) is 14.1. The second kappa shape index (κ2) is 7.36. The molecule has 0 bridgehead atoms. The van der Waals surface area contributed by atoms with E-state index in [2.05, 4.69) is 44.6 Å². The molecule has 0 aliphatic carbocycles. The lowest BCUT2D eigenvalue weighted by atomic mass is 10.1. The van der Waals surface area contributed by atoms with E-state index < -0.39 is 0 Å². The number of rotatable bonds is 5. The van der Waals surface area contributed by atoms with Crippen molar-refractivity contribution in [2.75, 3.05) is 0 Å². The van der Waals surface area contributed by atoms with Crippen LogP contribution in [-0.2, 0) is 0 Å². The number of allylic oxidation sites excluding steroid dienone is 7. The van der Waals surface area contributed by atoms with E-state index in [9.17, 15) is 0 Å². The molecule has 0 radical (unpaired) electrons. The van der Waals surface area contributed by atoms with Crippen molar-refractivity contribution in [1.82, 2.24) is 0 Å². The molecule has 0 amide bonds. The molecule has 0 saturated heterocycles. The molecule has 0 N–H and O–H groups in total. The molecular formula is C14H20S. The molecule has 0 fully saturated rings. The monoisotopic (exact) mass is 220 g/mol. The van der Waals surface area contributed by atoms with Gasteiger partial charge < -0.3 is 0 Å². The van der Waals surface area contributed by atoms with E-state index in [-0.39, 0.29) is 0 Å². The summed E-state index contributed by atoms with van der Waals surface area (Å²) in [5.41, 5.74) is 3.67. The van der Waals surface area contributed by atoms with Crippen molar-refractivity contribution in [2.45, 2.75) is 27.7 Å². The van der Waals surface area contributed by atoms with E-state index in [1.54, 1.807) is 11.8 Å². The standard InChI is InChI=1S/C14H20S/c1-7-12(5)9-14(8-2)13(6)10-15-11(3)4/h7-10H,1,3H2,2,4-6H3/b12-9+,13-10+,14-8+. The van der Waals surface area contributed by atoms with E-state index >= 15 is 0 Å². The normalized spacial score (nSPS) is 14.0. The number of hydrogen-bond donors (Lipinski definition) is 0. The average molecular weight is 220 g/mol. The summed E-state index contributed by atoms with van der Waals surface area (Å²) in [6.45, 7) is 15.8. The molecule has 0 aliphatic rings. The largest absolute Gasteiger partial charge is 0.103 e. The summed E-state index contributed by atoms with van der Waals surface area (Å²) in [6.07, 6.45) is 6.11. The smallest absolute Gasteiger partial charge is 0.0210 e. The highest BCUT2D eigenvalue weighted by Gasteiger charge is 1.95. The number of thioether (sulfide) groups is 1. The fourth-order valence-electron chi connectivity index (χ4n) is 0.986. The SMILES string of the molecule is C=C/C(C)=C/C(=C\C)C(/C)=C/SC(=C)C. The van der Waals surface area contributed by atoms with Gasteiger partial charge in [0.2, 0.25) is 0 Å². The van der Waals surface area contributed by atoms with Crippen LogP contribution in [0.4, 0.5) is 0 Å². The maximum Gasteiger partial charge on any atom is -0.0210 e. The first-order valence-electron chi connectivity index (χ1n) is 4.97. The first-order chi connectivity index (χ1) is 7.01. The minimum Gasteiger partial charge on any atom is -0.103 e. The maximum atomic E-state index is 3.86. The Bertz CT molecular complexity index is 327. The average Bonchev–Trinajstić information content (AvgIpc) is 2.21. The van der Waals surface area contributed by atoms with E-state index in [0.717, 1.165) is 4.91 Å². The summed E-state index contributed by atoms with van der Waals surface area (Å²) in [5.74, 6) is 0. The number of hydrogen-bond acceptors (Lipinski definition) is 1. The Hall–Kier alpha value is -0.950. The van der Waals surface area contributed by atoms with Crippen LogP contribution in [-0.4, -0.2) is 0 Å². The van der Waals surface area contributed by atoms with Crippen LogP contribution >= 0.6 is 11.8 Å². The highest BCUT2D eigenvalue weighted by molar-refractivity contribution is 8.05. The van der Waals surface area contributed by atoms with Crippen LogP contribution in [0.1, 0.15) is 27.7 Å². The molecule has 0 heterocycles. The quantitative estimate of drug-likeness (QED) is 0.571. The Labute approximate surface area is 98.2 Å². The molecule has 15 heavy (non-hydrogen) atoms. The van der Waals surface area contributed by atoms with Gasteiger partial charge in [-0.05, 0) is 49.2 Å². The van der Waals surface area contributed by atoms with Crippen LogP contribution in [0.5, 0.6) is 0 Å². The Balaban J connectivity index is 4.78. The molecule has 0 aromatic rings. The summed E-state index contributed by atoms with van der Waals surface area (Å²) >= 11 is 1.67. The molecule has 0 nitrogen and oxygen atoms in total. The van der Waals surface area contributed by atoms with E-state index in [1.807, 2.05) is 19.9 Å². The van der Waals surface area contributed by atoms with E-state index in [4.69, 9.17) is 0 Å². The molecule has 0 atom stereocenters. The first-order valence-corrected chi connectivity index (χ1v) is 5.85. The third-order valence-corrected chi connectivity index (χ3v) is 2.78. The maximum absolute atomic E-state index is 3.86. The van der Waals surface area contributed by atoms with Crippen LogP contribution in [0.25, 0.3) is 0 Å².